The van der Waals surface area contributed by atoms with E-state index in [1.807, 2.05) is 51.1 Å². The number of nitrogens with zero attached hydrogens (tertiary/aromatic N) is 1. The molecule has 0 bridgehead atoms. The van der Waals surface area contributed by atoms with Crippen LogP contribution in [0, 0.1) is 20.8 Å². The summed E-state index contributed by atoms with van der Waals surface area (Å²) in [5.74, 6) is -0.470. The standard InChI is InChI=1S/C22H27N3O2/c1-15-10-16(2)12-18(11-15)22(27)23-14-21(26)24-20-7-6-19(13-17(20)3)25-8-4-5-9-25/h6-7,10-13H,4-5,8-9,14H2,1-3H3,(H,23,27)(H,24,26). The maximum atomic E-state index is 12.3. The van der Waals surface area contributed by atoms with Gasteiger partial charge in [-0.05, 0) is 69.5 Å². The van der Waals surface area contributed by atoms with Gasteiger partial charge in [0.15, 0.2) is 0 Å². The number of rotatable bonds is 5. The Balaban J connectivity index is 1.56. The molecule has 0 aromatic heterocycles. The number of amides is 2. The number of benzene rings is 2. The van der Waals surface area contributed by atoms with Crippen molar-refractivity contribution in [3.63, 3.8) is 0 Å². The van der Waals surface area contributed by atoms with Crippen LogP contribution in [0.25, 0.3) is 0 Å². The highest BCUT2D eigenvalue weighted by Crippen LogP contribution is 2.25. The summed E-state index contributed by atoms with van der Waals surface area (Å²) in [5, 5.41) is 5.58. The molecule has 0 spiro atoms. The molecule has 0 unspecified atom stereocenters. The van der Waals surface area contributed by atoms with Gasteiger partial charge in [0, 0.05) is 30.0 Å². The Morgan fingerprint density at radius 1 is 0.963 bits per heavy atom. The summed E-state index contributed by atoms with van der Waals surface area (Å²) in [6, 6.07) is 11.7. The van der Waals surface area contributed by atoms with Gasteiger partial charge in [0.1, 0.15) is 0 Å². The fourth-order valence-electron chi connectivity index (χ4n) is 3.52. The van der Waals surface area contributed by atoms with Crippen LogP contribution in [0.5, 0.6) is 0 Å². The molecule has 0 radical (unpaired) electrons. The third-order valence-corrected chi connectivity index (χ3v) is 4.85. The van der Waals surface area contributed by atoms with Gasteiger partial charge in [-0.1, -0.05) is 17.2 Å². The van der Waals surface area contributed by atoms with Crippen LogP contribution in [0.3, 0.4) is 0 Å². The minimum Gasteiger partial charge on any atom is -0.372 e. The Morgan fingerprint density at radius 2 is 1.63 bits per heavy atom. The highest BCUT2D eigenvalue weighted by molar-refractivity contribution is 5.99. The van der Waals surface area contributed by atoms with Gasteiger partial charge in [-0.3, -0.25) is 9.59 Å². The molecule has 1 aliphatic rings. The van der Waals surface area contributed by atoms with Crippen LogP contribution in [0.2, 0.25) is 0 Å². The molecule has 5 heteroatoms. The van der Waals surface area contributed by atoms with E-state index in [4.69, 9.17) is 0 Å². The highest BCUT2D eigenvalue weighted by Gasteiger charge is 2.14. The van der Waals surface area contributed by atoms with Gasteiger partial charge in [0.2, 0.25) is 5.91 Å². The second-order valence-electron chi connectivity index (χ2n) is 7.30. The van der Waals surface area contributed by atoms with Crippen molar-refractivity contribution in [1.29, 1.82) is 0 Å². The van der Waals surface area contributed by atoms with Gasteiger partial charge in [-0.2, -0.15) is 0 Å². The molecule has 0 aliphatic carbocycles. The molecular weight excluding hydrogens is 338 g/mol. The lowest BCUT2D eigenvalue weighted by Gasteiger charge is -2.19. The van der Waals surface area contributed by atoms with E-state index in [-0.39, 0.29) is 18.4 Å². The van der Waals surface area contributed by atoms with Gasteiger partial charge in [-0.25, -0.2) is 0 Å². The van der Waals surface area contributed by atoms with Gasteiger partial charge in [-0.15, -0.1) is 0 Å². The van der Waals surface area contributed by atoms with Gasteiger partial charge < -0.3 is 15.5 Å². The molecule has 1 heterocycles. The molecule has 2 amide bonds. The third-order valence-electron chi connectivity index (χ3n) is 4.85. The first-order valence-corrected chi connectivity index (χ1v) is 9.44. The maximum Gasteiger partial charge on any atom is 0.251 e. The van der Waals surface area contributed by atoms with Crippen LogP contribution in [-0.4, -0.2) is 31.4 Å². The average Bonchev–Trinajstić information content (AvgIpc) is 3.15. The number of nitrogens with one attached hydrogen (secondary N) is 2. The van der Waals surface area contributed by atoms with Crippen molar-refractivity contribution >= 4 is 23.2 Å². The summed E-state index contributed by atoms with van der Waals surface area (Å²) in [7, 11) is 0. The summed E-state index contributed by atoms with van der Waals surface area (Å²) >= 11 is 0. The maximum absolute atomic E-state index is 12.3. The first-order chi connectivity index (χ1) is 12.9. The summed E-state index contributed by atoms with van der Waals surface area (Å²) in [4.78, 5) is 26.9. The van der Waals surface area contributed by atoms with E-state index in [1.54, 1.807) is 0 Å². The van der Waals surface area contributed by atoms with Crippen molar-refractivity contribution in [3.8, 4) is 0 Å². The first kappa shape index (κ1) is 19.0. The van der Waals surface area contributed by atoms with E-state index in [0.29, 0.717) is 5.56 Å². The Labute approximate surface area is 160 Å². The second kappa shape index (κ2) is 8.25. The monoisotopic (exact) mass is 365 g/mol. The molecule has 2 N–H and O–H groups in total. The van der Waals surface area contributed by atoms with Crippen LogP contribution in [0.4, 0.5) is 11.4 Å². The smallest absolute Gasteiger partial charge is 0.251 e. The molecule has 1 saturated heterocycles. The first-order valence-electron chi connectivity index (χ1n) is 9.44. The van der Waals surface area contributed by atoms with E-state index in [0.717, 1.165) is 35.5 Å². The van der Waals surface area contributed by atoms with E-state index in [2.05, 4.69) is 21.6 Å². The second-order valence-corrected chi connectivity index (χ2v) is 7.30. The van der Waals surface area contributed by atoms with Crippen molar-refractivity contribution in [2.45, 2.75) is 33.6 Å². The molecule has 0 atom stereocenters. The summed E-state index contributed by atoms with van der Waals surface area (Å²) in [5.41, 5.74) is 5.63. The Hall–Kier alpha value is -2.82. The Kier molecular flexibility index (Phi) is 5.79. The molecule has 5 nitrogen and oxygen atoms in total. The quantitative estimate of drug-likeness (QED) is 0.851. The minimum atomic E-state index is -0.238. The number of hydrogen-bond acceptors (Lipinski definition) is 3. The zero-order valence-corrected chi connectivity index (χ0v) is 16.3. The zero-order valence-electron chi connectivity index (χ0n) is 16.3. The number of carbonyl (C=O) groups is 2. The van der Waals surface area contributed by atoms with Crippen LogP contribution in [-0.2, 0) is 4.79 Å². The van der Waals surface area contributed by atoms with Gasteiger partial charge in [0.25, 0.3) is 5.91 Å². The van der Waals surface area contributed by atoms with Crippen LogP contribution >= 0.6 is 0 Å². The lowest BCUT2D eigenvalue weighted by molar-refractivity contribution is -0.115. The lowest BCUT2D eigenvalue weighted by Crippen LogP contribution is -2.33. The summed E-state index contributed by atoms with van der Waals surface area (Å²) < 4.78 is 0. The van der Waals surface area contributed by atoms with Gasteiger partial charge >= 0.3 is 0 Å². The van der Waals surface area contributed by atoms with Crippen molar-refractivity contribution < 1.29 is 9.59 Å². The van der Waals surface area contributed by atoms with Crippen molar-refractivity contribution in [2.24, 2.45) is 0 Å². The summed E-state index contributed by atoms with van der Waals surface area (Å²) in [6.45, 7) is 8.02. The predicted molar refractivity (Wildman–Crippen MR) is 110 cm³/mol. The van der Waals surface area contributed by atoms with E-state index < -0.39 is 0 Å². The topological polar surface area (TPSA) is 61.4 Å². The van der Waals surface area contributed by atoms with E-state index in [9.17, 15) is 9.59 Å². The number of anilines is 2. The molecule has 1 aliphatic heterocycles. The minimum absolute atomic E-state index is 0.0564. The normalized spacial score (nSPS) is 13.5. The molecule has 142 valence electrons. The molecule has 0 saturated carbocycles. The molecule has 2 aromatic rings. The molecule has 27 heavy (non-hydrogen) atoms. The molecule has 1 fully saturated rings. The number of hydrogen-bond donors (Lipinski definition) is 2. The predicted octanol–water partition coefficient (Wildman–Crippen LogP) is 3.58. The zero-order chi connectivity index (χ0) is 19.4. The third kappa shape index (κ3) is 4.88. The number of aryl methyl sites for hydroxylation is 3. The van der Waals surface area contributed by atoms with Crippen LogP contribution in [0.1, 0.15) is 39.9 Å². The van der Waals surface area contributed by atoms with Crippen molar-refractivity contribution in [3.05, 3.63) is 58.7 Å². The van der Waals surface area contributed by atoms with Crippen molar-refractivity contribution in [2.75, 3.05) is 29.9 Å². The fraction of sp³-hybridized carbons (Fsp3) is 0.364. The Bertz CT molecular complexity index is 834. The van der Waals surface area contributed by atoms with Crippen LogP contribution < -0.4 is 15.5 Å². The Morgan fingerprint density at radius 3 is 2.26 bits per heavy atom. The molecule has 3 rings (SSSR count). The summed E-state index contributed by atoms with van der Waals surface area (Å²) in [6.07, 6.45) is 2.47. The van der Waals surface area contributed by atoms with Crippen molar-refractivity contribution in [1.82, 2.24) is 5.32 Å². The molecule has 2 aromatic carbocycles. The lowest BCUT2D eigenvalue weighted by atomic mass is 10.1. The van der Waals surface area contributed by atoms with Crippen LogP contribution in [0.15, 0.2) is 36.4 Å². The average molecular weight is 365 g/mol. The van der Waals surface area contributed by atoms with E-state index >= 15 is 0 Å². The highest BCUT2D eigenvalue weighted by atomic mass is 16.2. The SMILES string of the molecule is Cc1cc(C)cc(C(=O)NCC(=O)Nc2ccc(N3CCCC3)cc2C)c1. The fourth-order valence-corrected chi connectivity index (χ4v) is 3.52. The largest absolute Gasteiger partial charge is 0.372 e. The molecular formula is C22H27N3O2. The number of carbonyl (C=O) groups excluding carboxylic acids is 2. The van der Waals surface area contributed by atoms with E-state index in [1.165, 1.54) is 18.5 Å². The van der Waals surface area contributed by atoms with Gasteiger partial charge in [0.05, 0.1) is 6.54 Å².